The highest BCUT2D eigenvalue weighted by atomic mass is 35.5. The number of fused-ring (bicyclic) bond motifs is 1. The van der Waals surface area contributed by atoms with E-state index in [1.165, 1.54) is 5.39 Å². The normalized spacial score (nSPS) is 10.4. The van der Waals surface area contributed by atoms with Crippen LogP contribution in [0.2, 0.25) is 5.02 Å². The number of hydrogen-bond acceptors (Lipinski definition) is 2. The number of ether oxygens (including phenoxy) is 1. The van der Waals surface area contributed by atoms with Crippen molar-refractivity contribution in [3.05, 3.63) is 47.0 Å². The third kappa shape index (κ3) is 2.52. The van der Waals surface area contributed by atoms with E-state index in [4.69, 9.17) is 28.6 Å². The predicted octanol–water partition coefficient (Wildman–Crippen LogP) is 4.01. The molecule has 0 radical (unpaired) electrons. The van der Waals surface area contributed by atoms with Crippen LogP contribution in [0.1, 0.15) is 5.56 Å². The molecule has 0 aliphatic heterocycles. The van der Waals surface area contributed by atoms with Gasteiger partial charge in [0.2, 0.25) is 0 Å². The molecule has 82 valence electrons. The Bertz CT molecular complexity index is 536. The zero-order valence-corrected chi connectivity index (χ0v) is 10.4. The van der Waals surface area contributed by atoms with Gasteiger partial charge in [0, 0.05) is 11.4 Å². The van der Waals surface area contributed by atoms with Crippen molar-refractivity contribution in [2.24, 2.45) is 0 Å². The van der Waals surface area contributed by atoms with Crippen LogP contribution in [0.3, 0.4) is 0 Å². The second-order valence-electron chi connectivity index (χ2n) is 3.58. The van der Waals surface area contributed by atoms with Crippen LogP contribution in [0.15, 0.2) is 36.4 Å². The molecule has 0 spiro atoms. The van der Waals surface area contributed by atoms with E-state index in [1.54, 1.807) is 7.11 Å². The average Bonchev–Trinajstić information content (AvgIpc) is 2.29. The van der Waals surface area contributed by atoms with E-state index < -0.39 is 0 Å². The lowest BCUT2D eigenvalue weighted by Gasteiger charge is -2.04. The maximum atomic E-state index is 5.92. The van der Waals surface area contributed by atoms with Crippen molar-refractivity contribution in [2.75, 3.05) is 7.11 Å². The van der Waals surface area contributed by atoms with Crippen LogP contribution in [0.4, 0.5) is 0 Å². The molecule has 0 fully saturated rings. The first-order chi connectivity index (χ1) is 7.69. The monoisotopic (exact) mass is 250 g/mol. The van der Waals surface area contributed by atoms with Gasteiger partial charge in [-0.05, 0) is 40.7 Å². The first kappa shape index (κ1) is 11.4. The number of rotatable bonds is 2. The predicted molar refractivity (Wildman–Crippen MR) is 72.3 cm³/mol. The van der Waals surface area contributed by atoms with E-state index in [1.807, 2.05) is 24.3 Å². The summed E-state index contributed by atoms with van der Waals surface area (Å²) in [5.74, 6) is 0. The Kier molecular flexibility index (Phi) is 3.42. The summed E-state index contributed by atoms with van der Waals surface area (Å²) in [6.45, 7) is 0. The summed E-state index contributed by atoms with van der Waals surface area (Å²) in [5, 5.41) is 3.67. The molecule has 1 nitrogen and oxygen atoms in total. The molecule has 0 saturated heterocycles. The number of hydrogen-bond donors (Lipinski definition) is 0. The van der Waals surface area contributed by atoms with Gasteiger partial charge in [0.05, 0.1) is 7.11 Å². The zero-order chi connectivity index (χ0) is 11.5. The Morgan fingerprint density at radius 1 is 1.19 bits per heavy atom. The van der Waals surface area contributed by atoms with Crippen LogP contribution in [-0.2, 0) is 11.2 Å². The van der Waals surface area contributed by atoms with Gasteiger partial charge in [-0.3, -0.25) is 0 Å². The summed E-state index contributed by atoms with van der Waals surface area (Å²) in [5.41, 5.74) is 1.15. The Balaban J connectivity index is 2.37. The van der Waals surface area contributed by atoms with Crippen molar-refractivity contribution in [2.45, 2.75) is 6.42 Å². The standard InChI is InChI=1S/C13H11ClOS/c1-15-13(16)7-9-2-3-11-8-12(14)5-4-10(11)6-9/h2-6,8H,7H2,1H3. The van der Waals surface area contributed by atoms with Gasteiger partial charge in [-0.15, -0.1) is 0 Å². The fraction of sp³-hybridized carbons (Fsp3) is 0.154. The van der Waals surface area contributed by atoms with Crippen LogP contribution in [0.25, 0.3) is 10.8 Å². The fourth-order valence-corrected chi connectivity index (χ4v) is 1.96. The van der Waals surface area contributed by atoms with Gasteiger partial charge in [0.15, 0.2) is 5.05 Å². The van der Waals surface area contributed by atoms with Crippen molar-refractivity contribution < 1.29 is 4.74 Å². The Morgan fingerprint density at radius 3 is 2.62 bits per heavy atom. The van der Waals surface area contributed by atoms with Crippen LogP contribution >= 0.6 is 23.8 Å². The summed E-state index contributed by atoms with van der Waals surface area (Å²) in [7, 11) is 1.60. The van der Waals surface area contributed by atoms with Crippen LogP contribution < -0.4 is 0 Å². The van der Waals surface area contributed by atoms with Crippen molar-refractivity contribution in [3.8, 4) is 0 Å². The maximum Gasteiger partial charge on any atom is 0.163 e. The van der Waals surface area contributed by atoms with Crippen LogP contribution in [0, 0.1) is 0 Å². The van der Waals surface area contributed by atoms with Gasteiger partial charge >= 0.3 is 0 Å². The van der Waals surface area contributed by atoms with E-state index >= 15 is 0 Å². The summed E-state index contributed by atoms with van der Waals surface area (Å²) >= 11 is 11.0. The Hall–Kier alpha value is -1.12. The van der Waals surface area contributed by atoms with E-state index in [0.29, 0.717) is 11.5 Å². The lowest BCUT2D eigenvalue weighted by atomic mass is 10.1. The van der Waals surface area contributed by atoms with Gasteiger partial charge in [-0.2, -0.15) is 0 Å². The van der Waals surface area contributed by atoms with E-state index in [2.05, 4.69) is 12.1 Å². The Labute approximate surface area is 105 Å². The maximum absolute atomic E-state index is 5.92. The zero-order valence-electron chi connectivity index (χ0n) is 8.87. The van der Waals surface area contributed by atoms with E-state index in [9.17, 15) is 0 Å². The fourth-order valence-electron chi connectivity index (χ4n) is 1.61. The molecule has 0 aromatic heterocycles. The van der Waals surface area contributed by atoms with Crippen molar-refractivity contribution in [1.82, 2.24) is 0 Å². The minimum Gasteiger partial charge on any atom is -0.490 e. The van der Waals surface area contributed by atoms with Gasteiger partial charge in [-0.25, -0.2) is 0 Å². The minimum atomic E-state index is 0.605. The molecule has 2 aromatic carbocycles. The molecule has 2 rings (SSSR count). The SMILES string of the molecule is COC(=S)Cc1ccc2cc(Cl)ccc2c1. The first-order valence-electron chi connectivity index (χ1n) is 4.94. The topological polar surface area (TPSA) is 9.23 Å². The Morgan fingerprint density at radius 2 is 1.88 bits per heavy atom. The third-order valence-electron chi connectivity index (χ3n) is 2.44. The summed E-state index contributed by atoms with van der Waals surface area (Å²) in [6.07, 6.45) is 0.671. The average molecular weight is 251 g/mol. The molecule has 0 aliphatic rings. The van der Waals surface area contributed by atoms with Crippen LogP contribution in [0.5, 0.6) is 0 Å². The molecule has 0 aliphatic carbocycles. The van der Waals surface area contributed by atoms with Gasteiger partial charge in [0.1, 0.15) is 0 Å². The lowest BCUT2D eigenvalue weighted by Crippen LogP contribution is -2.01. The first-order valence-corrected chi connectivity index (χ1v) is 5.72. The molecule has 0 saturated carbocycles. The molecule has 0 amide bonds. The summed E-state index contributed by atoms with van der Waals surface area (Å²) < 4.78 is 5.00. The quantitative estimate of drug-likeness (QED) is 0.745. The van der Waals surface area contributed by atoms with Crippen molar-refractivity contribution >= 4 is 39.6 Å². The van der Waals surface area contributed by atoms with Gasteiger partial charge in [-0.1, -0.05) is 35.9 Å². The van der Waals surface area contributed by atoms with Gasteiger partial charge < -0.3 is 4.74 Å². The number of methoxy groups -OCH3 is 1. The van der Waals surface area contributed by atoms with Crippen LogP contribution in [-0.4, -0.2) is 12.2 Å². The highest BCUT2D eigenvalue weighted by Crippen LogP contribution is 2.20. The number of thiocarbonyl (C=S) groups is 1. The molecule has 0 bridgehead atoms. The molecule has 3 heteroatoms. The highest BCUT2D eigenvalue weighted by Gasteiger charge is 2.01. The number of halogens is 1. The second kappa shape index (κ2) is 4.81. The molecule has 0 N–H and O–H groups in total. The number of benzene rings is 2. The summed E-state index contributed by atoms with van der Waals surface area (Å²) in [6, 6.07) is 12.1. The molecule has 0 unspecified atom stereocenters. The second-order valence-corrected chi connectivity index (χ2v) is 4.47. The molecule has 0 atom stereocenters. The molecular weight excluding hydrogens is 240 g/mol. The van der Waals surface area contributed by atoms with Crippen molar-refractivity contribution in [3.63, 3.8) is 0 Å². The molecule has 2 aromatic rings. The third-order valence-corrected chi connectivity index (χ3v) is 2.99. The highest BCUT2D eigenvalue weighted by molar-refractivity contribution is 7.80. The largest absolute Gasteiger partial charge is 0.490 e. The summed E-state index contributed by atoms with van der Waals surface area (Å²) in [4.78, 5) is 0. The van der Waals surface area contributed by atoms with Crippen molar-refractivity contribution in [1.29, 1.82) is 0 Å². The lowest BCUT2D eigenvalue weighted by molar-refractivity contribution is 0.406. The minimum absolute atomic E-state index is 0.605. The molecule has 16 heavy (non-hydrogen) atoms. The molecular formula is C13H11ClOS. The molecule has 0 heterocycles. The smallest absolute Gasteiger partial charge is 0.163 e. The van der Waals surface area contributed by atoms with Gasteiger partial charge in [0.25, 0.3) is 0 Å². The van der Waals surface area contributed by atoms with E-state index in [0.717, 1.165) is 16.0 Å². The van der Waals surface area contributed by atoms with E-state index in [-0.39, 0.29) is 0 Å².